The Bertz CT molecular complexity index is 472. The molecule has 7 nitrogen and oxygen atoms in total. The molecular weight excluding hydrogens is 321 g/mol. The molecule has 1 rings (SSSR count). The SMILES string of the molecule is CO[P+](=O)CC[C@@H](O)C[C@@H](O)CN(C=O)OCc1ccccc1. The average molecular weight is 344 g/mol. The van der Waals surface area contributed by atoms with E-state index in [-0.39, 0.29) is 32.2 Å². The molecule has 2 N–H and O–H groups in total. The monoisotopic (exact) mass is 344 g/mol. The highest BCUT2D eigenvalue weighted by molar-refractivity contribution is 7.39. The first kappa shape index (κ1) is 19.7. The van der Waals surface area contributed by atoms with Gasteiger partial charge in [-0.2, -0.15) is 0 Å². The summed E-state index contributed by atoms with van der Waals surface area (Å²) in [6, 6.07) is 9.32. The Morgan fingerprint density at radius 3 is 2.57 bits per heavy atom. The molecule has 1 amide bonds. The van der Waals surface area contributed by atoms with Crippen LogP contribution in [0.1, 0.15) is 18.4 Å². The highest BCUT2D eigenvalue weighted by Crippen LogP contribution is 2.22. The second kappa shape index (κ2) is 11.2. The van der Waals surface area contributed by atoms with Crippen LogP contribution in [0.15, 0.2) is 30.3 Å². The lowest BCUT2D eigenvalue weighted by Gasteiger charge is -2.21. The van der Waals surface area contributed by atoms with Crippen molar-refractivity contribution in [3.63, 3.8) is 0 Å². The molecule has 0 spiro atoms. The zero-order valence-electron chi connectivity index (χ0n) is 13.1. The number of benzene rings is 1. The van der Waals surface area contributed by atoms with Gasteiger partial charge in [-0.3, -0.25) is 9.63 Å². The topological polar surface area (TPSA) is 96.3 Å². The van der Waals surface area contributed by atoms with Crippen LogP contribution in [0.25, 0.3) is 0 Å². The van der Waals surface area contributed by atoms with E-state index in [0.717, 1.165) is 10.6 Å². The zero-order valence-corrected chi connectivity index (χ0v) is 14.0. The van der Waals surface area contributed by atoms with Crippen molar-refractivity contribution in [1.82, 2.24) is 5.06 Å². The molecule has 1 unspecified atom stereocenters. The van der Waals surface area contributed by atoms with Crippen LogP contribution in [0.3, 0.4) is 0 Å². The first-order valence-electron chi connectivity index (χ1n) is 7.28. The molecule has 0 saturated heterocycles. The molecule has 128 valence electrons. The number of hydrogen-bond donors (Lipinski definition) is 2. The van der Waals surface area contributed by atoms with Crippen LogP contribution in [-0.4, -0.2) is 53.7 Å². The predicted molar refractivity (Wildman–Crippen MR) is 84.7 cm³/mol. The maximum atomic E-state index is 11.1. The quantitative estimate of drug-likeness (QED) is 0.339. The van der Waals surface area contributed by atoms with E-state index in [9.17, 15) is 19.6 Å². The summed E-state index contributed by atoms with van der Waals surface area (Å²) in [5.74, 6) is 0. The largest absolute Gasteiger partial charge is 0.507 e. The molecule has 0 aliphatic rings. The van der Waals surface area contributed by atoms with Gasteiger partial charge >= 0.3 is 8.03 Å². The van der Waals surface area contributed by atoms with Crippen molar-refractivity contribution in [2.75, 3.05) is 19.8 Å². The first-order valence-corrected chi connectivity index (χ1v) is 8.65. The van der Waals surface area contributed by atoms with Gasteiger partial charge in [-0.1, -0.05) is 30.3 Å². The van der Waals surface area contributed by atoms with E-state index in [1.807, 2.05) is 30.3 Å². The lowest BCUT2D eigenvalue weighted by molar-refractivity contribution is -0.185. The zero-order chi connectivity index (χ0) is 17.1. The smallest absolute Gasteiger partial charge is 0.393 e. The van der Waals surface area contributed by atoms with Gasteiger partial charge in [-0.15, -0.1) is 4.52 Å². The second-order valence-electron chi connectivity index (χ2n) is 5.04. The maximum Gasteiger partial charge on any atom is 0.507 e. The van der Waals surface area contributed by atoms with Gasteiger partial charge in [-0.25, -0.2) is 5.06 Å². The summed E-state index contributed by atoms with van der Waals surface area (Å²) in [4.78, 5) is 16.3. The number of rotatable bonds is 12. The van der Waals surface area contributed by atoms with E-state index in [2.05, 4.69) is 4.52 Å². The third-order valence-corrected chi connectivity index (χ3v) is 4.17. The van der Waals surface area contributed by atoms with Crippen molar-refractivity contribution < 1.29 is 28.9 Å². The Morgan fingerprint density at radius 1 is 1.26 bits per heavy atom. The van der Waals surface area contributed by atoms with Gasteiger partial charge in [0.25, 0.3) is 0 Å². The van der Waals surface area contributed by atoms with Gasteiger partial charge in [-0.05, 0) is 10.1 Å². The van der Waals surface area contributed by atoms with E-state index in [4.69, 9.17) is 4.84 Å². The molecule has 0 fully saturated rings. The van der Waals surface area contributed by atoms with Crippen LogP contribution in [-0.2, 0) is 25.3 Å². The Labute approximate surface area is 136 Å². The van der Waals surface area contributed by atoms with Crippen LogP contribution in [0, 0.1) is 0 Å². The van der Waals surface area contributed by atoms with E-state index >= 15 is 0 Å². The lowest BCUT2D eigenvalue weighted by Crippen LogP contribution is -2.33. The minimum Gasteiger partial charge on any atom is -0.393 e. The number of aliphatic hydroxyl groups is 2. The number of nitrogens with zero attached hydrogens (tertiary/aromatic N) is 1. The average Bonchev–Trinajstić information content (AvgIpc) is 2.57. The fourth-order valence-electron chi connectivity index (χ4n) is 1.92. The van der Waals surface area contributed by atoms with Gasteiger partial charge in [0.05, 0.1) is 25.9 Å². The minimum absolute atomic E-state index is 0.0518. The van der Waals surface area contributed by atoms with E-state index in [1.54, 1.807) is 0 Å². The minimum atomic E-state index is -1.77. The number of amides is 1. The summed E-state index contributed by atoms with van der Waals surface area (Å²) in [5.41, 5.74) is 0.900. The van der Waals surface area contributed by atoms with E-state index < -0.39 is 20.2 Å². The van der Waals surface area contributed by atoms with Crippen LogP contribution >= 0.6 is 8.03 Å². The molecule has 0 aromatic heterocycles. The number of aliphatic hydroxyl groups excluding tert-OH is 2. The fraction of sp³-hybridized carbons (Fsp3) is 0.533. The van der Waals surface area contributed by atoms with Gasteiger partial charge in [0, 0.05) is 12.8 Å². The standard InChI is InChI=1S/C15H23NO6P/c1-21-23(20)8-7-14(18)9-15(19)10-16(12-17)22-11-13-5-3-2-4-6-13/h2-6,12,14-15,18-19H,7-11H2,1H3/q+1/t14-,15-/m1/s1. The number of hydroxylamine groups is 2. The molecule has 0 bridgehead atoms. The third kappa shape index (κ3) is 8.74. The highest BCUT2D eigenvalue weighted by Gasteiger charge is 2.21. The summed E-state index contributed by atoms with van der Waals surface area (Å²) in [6.07, 6.45) is -0.729. The molecule has 0 aliphatic carbocycles. The Kier molecular flexibility index (Phi) is 9.59. The highest BCUT2D eigenvalue weighted by atomic mass is 31.1. The molecule has 0 heterocycles. The molecule has 23 heavy (non-hydrogen) atoms. The summed E-state index contributed by atoms with van der Waals surface area (Å²) >= 11 is 0. The number of hydrogen-bond acceptors (Lipinski definition) is 6. The molecule has 0 aliphatic heterocycles. The van der Waals surface area contributed by atoms with Gasteiger partial charge in [0.15, 0.2) is 6.16 Å². The van der Waals surface area contributed by atoms with Crippen molar-refractivity contribution in [3.05, 3.63) is 35.9 Å². The Balaban J connectivity index is 2.30. The lowest BCUT2D eigenvalue weighted by atomic mass is 10.1. The van der Waals surface area contributed by atoms with Gasteiger partial charge in [0.2, 0.25) is 6.41 Å². The molecule has 1 aromatic rings. The molecule has 8 heteroatoms. The molecular formula is C15H23NO6P+. The molecule has 1 aromatic carbocycles. The van der Waals surface area contributed by atoms with Crippen LogP contribution in [0.2, 0.25) is 0 Å². The number of carbonyl (C=O) groups excluding carboxylic acids is 1. The van der Waals surface area contributed by atoms with Crippen LogP contribution in [0.4, 0.5) is 0 Å². The summed E-state index contributed by atoms with van der Waals surface area (Å²) in [6.45, 7) is 0.160. The normalized spacial score (nSPS) is 14.1. The van der Waals surface area contributed by atoms with Crippen LogP contribution < -0.4 is 0 Å². The van der Waals surface area contributed by atoms with E-state index in [1.165, 1.54) is 7.11 Å². The fourth-order valence-corrected chi connectivity index (χ4v) is 2.61. The van der Waals surface area contributed by atoms with Crippen molar-refractivity contribution in [2.24, 2.45) is 0 Å². The maximum absolute atomic E-state index is 11.1. The Morgan fingerprint density at radius 2 is 1.96 bits per heavy atom. The van der Waals surface area contributed by atoms with Crippen molar-refractivity contribution >= 4 is 14.4 Å². The summed E-state index contributed by atoms with van der Waals surface area (Å²) < 4.78 is 15.7. The summed E-state index contributed by atoms with van der Waals surface area (Å²) in [5, 5.41) is 20.7. The predicted octanol–water partition coefficient (Wildman–Crippen LogP) is 1.47. The van der Waals surface area contributed by atoms with Crippen molar-refractivity contribution in [2.45, 2.75) is 31.7 Å². The summed E-state index contributed by atoms with van der Waals surface area (Å²) in [7, 11) is -0.431. The molecule has 0 saturated carbocycles. The third-order valence-electron chi connectivity index (χ3n) is 3.14. The van der Waals surface area contributed by atoms with Crippen molar-refractivity contribution in [3.8, 4) is 0 Å². The van der Waals surface area contributed by atoms with Gasteiger partial charge in [0.1, 0.15) is 6.61 Å². The van der Waals surface area contributed by atoms with E-state index in [0.29, 0.717) is 6.41 Å². The molecule has 3 atom stereocenters. The number of carbonyl (C=O) groups is 1. The first-order chi connectivity index (χ1) is 11.0. The van der Waals surface area contributed by atoms with Gasteiger partial charge < -0.3 is 10.2 Å². The Hall–Kier alpha value is -1.37. The van der Waals surface area contributed by atoms with Crippen molar-refractivity contribution in [1.29, 1.82) is 0 Å². The second-order valence-corrected chi connectivity index (χ2v) is 6.51. The van der Waals surface area contributed by atoms with Crippen LogP contribution in [0.5, 0.6) is 0 Å². The molecule has 0 radical (unpaired) electrons.